The van der Waals surface area contributed by atoms with E-state index in [-0.39, 0.29) is 23.7 Å². The zero-order valence-corrected chi connectivity index (χ0v) is 14.0. The van der Waals surface area contributed by atoms with E-state index in [2.05, 4.69) is 20.7 Å². The fourth-order valence-electron chi connectivity index (χ4n) is 3.25. The molecule has 1 atom stereocenters. The number of likely N-dealkylation sites (tertiary alicyclic amines) is 1. The number of halogens is 1. The number of anilines is 1. The Morgan fingerprint density at radius 3 is 3.00 bits per heavy atom. The van der Waals surface area contributed by atoms with Crippen LogP contribution in [0.5, 0.6) is 0 Å². The molecule has 1 aliphatic heterocycles. The molecule has 134 valence electrons. The Balaban J connectivity index is 1.50. The number of hydrogen-bond donors (Lipinski definition) is 2. The summed E-state index contributed by atoms with van der Waals surface area (Å²) < 4.78 is 19.0. The van der Waals surface area contributed by atoms with Crippen molar-refractivity contribution < 1.29 is 13.7 Å². The molecule has 1 aromatic carbocycles. The van der Waals surface area contributed by atoms with E-state index < -0.39 is 5.82 Å². The number of aromatic amines is 1. The monoisotopic (exact) mass is 355 g/mol. The second-order valence-electron chi connectivity index (χ2n) is 6.20. The van der Waals surface area contributed by atoms with Crippen LogP contribution in [-0.2, 0) is 0 Å². The van der Waals surface area contributed by atoms with E-state index in [9.17, 15) is 9.18 Å². The summed E-state index contributed by atoms with van der Waals surface area (Å²) in [4.78, 5) is 14.5. The van der Waals surface area contributed by atoms with E-state index >= 15 is 0 Å². The number of amides is 2. The van der Waals surface area contributed by atoms with Crippen molar-refractivity contribution in [2.24, 2.45) is 0 Å². The van der Waals surface area contributed by atoms with Crippen LogP contribution in [0.2, 0.25) is 0 Å². The lowest BCUT2D eigenvalue weighted by Gasteiger charge is -2.34. The van der Waals surface area contributed by atoms with Gasteiger partial charge in [-0.05, 0) is 37.5 Å². The van der Waals surface area contributed by atoms with Gasteiger partial charge < -0.3 is 9.42 Å². The molecule has 0 bridgehead atoms. The van der Waals surface area contributed by atoms with Crippen molar-refractivity contribution in [1.82, 2.24) is 20.3 Å². The van der Waals surface area contributed by atoms with Crippen LogP contribution in [0.25, 0.3) is 11.3 Å². The Hall–Kier alpha value is -3.16. The predicted octanol–water partition coefficient (Wildman–Crippen LogP) is 3.96. The van der Waals surface area contributed by atoms with Crippen LogP contribution < -0.4 is 5.32 Å². The Bertz CT molecular complexity index is 893. The van der Waals surface area contributed by atoms with Gasteiger partial charge in [-0.15, -0.1) is 0 Å². The highest BCUT2D eigenvalue weighted by Gasteiger charge is 2.29. The minimum Gasteiger partial charge on any atom is -0.354 e. The number of rotatable bonds is 3. The van der Waals surface area contributed by atoms with E-state index in [0.717, 1.165) is 25.0 Å². The van der Waals surface area contributed by atoms with Crippen molar-refractivity contribution in [1.29, 1.82) is 0 Å². The number of aromatic nitrogens is 3. The average molecular weight is 355 g/mol. The number of nitrogens with one attached hydrogen (secondary N) is 2. The molecule has 2 aromatic heterocycles. The van der Waals surface area contributed by atoms with Crippen molar-refractivity contribution in [2.75, 3.05) is 11.9 Å². The molecular formula is C18H18FN5O2. The van der Waals surface area contributed by atoms with Crippen LogP contribution in [0.4, 0.5) is 15.0 Å². The number of urea groups is 1. The first kappa shape index (κ1) is 16.3. The van der Waals surface area contributed by atoms with E-state index in [0.29, 0.717) is 12.1 Å². The third-order valence-corrected chi connectivity index (χ3v) is 4.53. The van der Waals surface area contributed by atoms with Crippen LogP contribution in [-0.4, -0.2) is 32.8 Å². The minimum atomic E-state index is -0.406. The zero-order chi connectivity index (χ0) is 17.9. The SMILES string of the molecule is O=C(Nc1cc(-c2ccccc2F)on1)N1CCCCC1c1ccn[nH]1. The lowest BCUT2D eigenvalue weighted by molar-refractivity contribution is 0.161. The van der Waals surface area contributed by atoms with Gasteiger partial charge in [0.25, 0.3) is 0 Å². The fourth-order valence-corrected chi connectivity index (χ4v) is 3.25. The fraction of sp³-hybridized carbons (Fsp3) is 0.278. The second-order valence-corrected chi connectivity index (χ2v) is 6.20. The molecule has 4 rings (SSSR count). The van der Waals surface area contributed by atoms with Gasteiger partial charge in [0, 0.05) is 18.8 Å². The van der Waals surface area contributed by atoms with Gasteiger partial charge >= 0.3 is 6.03 Å². The van der Waals surface area contributed by atoms with E-state index in [1.165, 1.54) is 12.1 Å². The number of carbonyl (C=O) groups excluding carboxylic acids is 1. The number of carbonyl (C=O) groups is 1. The molecule has 0 spiro atoms. The standard InChI is InChI=1S/C18H18FN5O2/c19-13-6-2-1-5-12(13)16-11-17(23-26-16)21-18(25)24-10-4-3-7-15(24)14-8-9-20-22-14/h1-2,5-6,8-9,11,15H,3-4,7,10H2,(H,20,22)(H,21,23,25). The number of benzene rings is 1. The number of H-pyrrole nitrogens is 1. The molecule has 2 N–H and O–H groups in total. The van der Waals surface area contributed by atoms with Crippen molar-refractivity contribution in [3.05, 3.63) is 54.1 Å². The summed E-state index contributed by atoms with van der Waals surface area (Å²) in [5.74, 6) is 0.112. The van der Waals surface area contributed by atoms with Crippen LogP contribution >= 0.6 is 0 Å². The van der Waals surface area contributed by atoms with Gasteiger partial charge in [-0.1, -0.05) is 17.3 Å². The molecular weight excluding hydrogens is 337 g/mol. The lowest BCUT2D eigenvalue weighted by atomic mass is 10.00. The number of piperidine rings is 1. The van der Waals surface area contributed by atoms with Gasteiger partial charge in [-0.3, -0.25) is 10.4 Å². The summed E-state index contributed by atoms with van der Waals surface area (Å²) in [5.41, 5.74) is 1.21. The molecule has 1 fully saturated rings. The molecule has 1 aliphatic rings. The van der Waals surface area contributed by atoms with Crippen LogP contribution in [0, 0.1) is 5.82 Å². The molecule has 8 heteroatoms. The molecule has 1 saturated heterocycles. The highest BCUT2D eigenvalue weighted by Crippen LogP contribution is 2.30. The topological polar surface area (TPSA) is 87.1 Å². The first-order chi connectivity index (χ1) is 12.7. The molecule has 0 radical (unpaired) electrons. The van der Waals surface area contributed by atoms with Crippen LogP contribution in [0.1, 0.15) is 31.0 Å². The smallest absolute Gasteiger partial charge is 0.323 e. The largest absolute Gasteiger partial charge is 0.354 e. The summed E-state index contributed by atoms with van der Waals surface area (Å²) in [7, 11) is 0. The van der Waals surface area contributed by atoms with Crippen molar-refractivity contribution in [3.8, 4) is 11.3 Å². The molecule has 7 nitrogen and oxygen atoms in total. The summed E-state index contributed by atoms with van der Waals surface area (Å²) in [5, 5.41) is 13.5. The quantitative estimate of drug-likeness (QED) is 0.744. The lowest BCUT2D eigenvalue weighted by Crippen LogP contribution is -2.41. The second kappa shape index (κ2) is 6.99. The number of hydrogen-bond acceptors (Lipinski definition) is 4. The maximum atomic E-state index is 13.9. The molecule has 3 aromatic rings. The van der Waals surface area contributed by atoms with E-state index in [4.69, 9.17) is 4.52 Å². The summed E-state index contributed by atoms with van der Waals surface area (Å²) in [6.45, 7) is 0.646. The average Bonchev–Trinajstić information content (AvgIpc) is 3.34. The van der Waals surface area contributed by atoms with Crippen molar-refractivity contribution in [3.63, 3.8) is 0 Å². The summed E-state index contributed by atoms with van der Waals surface area (Å²) >= 11 is 0. The van der Waals surface area contributed by atoms with Gasteiger partial charge in [0.1, 0.15) is 5.82 Å². The Morgan fingerprint density at radius 1 is 1.31 bits per heavy atom. The van der Waals surface area contributed by atoms with Gasteiger partial charge in [0.15, 0.2) is 11.6 Å². The summed E-state index contributed by atoms with van der Waals surface area (Å²) in [6.07, 6.45) is 4.54. The van der Waals surface area contributed by atoms with Crippen molar-refractivity contribution in [2.45, 2.75) is 25.3 Å². The van der Waals surface area contributed by atoms with Gasteiger partial charge in [-0.2, -0.15) is 5.10 Å². The first-order valence-corrected chi connectivity index (χ1v) is 8.51. The van der Waals surface area contributed by atoms with E-state index in [1.54, 1.807) is 29.3 Å². The maximum Gasteiger partial charge on any atom is 0.323 e. The third-order valence-electron chi connectivity index (χ3n) is 4.53. The van der Waals surface area contributed by atoms with E-state index in [1.807, 2.05) is 6.07 Å². The Labute approximate surface area is 149 Å². The number of nitrogens with zero attached hydrogens (tertiary/aromatic N) is 3. The normalized spacial score (nSPS) is 17.3. The molecule has 0 aliphatic carbocycles. The molecule has 26 heavy (non-hydrogen) atoms. The van der Waals surface area contributed by atoms with Crippen molar-refractivity contribution >= 4 is 11.8 Å². The first-order valence-electron chi connectivity index (χ1n) is 8.51. The Kier molecular flexibility index (Phi) is 4.39. The maximum absolute atomic E-state index is 13.9. The highest BCUT2D eigenvalue weighted by atomic mass is 19.1. The molecule has 0 saturated carbocycles. The van der Waals surface area contributed by atoms with Gasteiger partial charge in [-0.25, -0.2) is 9.18 Å². The summed E-state index contributed by atoms with van der Waals surface area (Å²) in [6, 6.07) is 9.33. The molecule has 2 amide bonds. The van der Waals surface area contributed by atoms with Crippen LogP contribution in [0.3, 0.4) is 0 Å². The predicted molar refractivity (Wildman–Crippen MR) is 92.8 cm³/mol. The molecule has 1 unspecified atom stereocenters. The third kappa shape index (κ3) is 3.17. The van der Waals surface area contributed by atoms with Gasteiger partial charge in [0.05, 0.1) is 17.3 Å². The zero-order valence-electron chi connectivity index (χ0n) is 14.0. The highest BCUT2D eigenvalue weighted by molar-refractivity contribution is 5.89. The van der Waals surface area contributed by atoms with Crippen LogP contribution in [0.15, 0.2) is 47.1 Å². The Morgan fingerprint density at radius 2 is 2.19 bits per heavy atom. The minimum absolute atomic E-state index is 0.0517. The molecule has 3 heterocycles. The van der Waals surface area contributed by atoms with Gasteiger partial charge in [0.2, 0.25) is 0 Å².